The average Bonchev–Trinajstić information content (AvgIpc) is 2.86. The summed E-state index contributed by atoms with van der Waals surface area (Å²) in [4.78, 5) is 12.1. The zero-order valence-electron chi connectivity index (χ0n) is 8.27. The molecule has 0 aliphatic heterocycles. The second kappa shape index (κ2) is 4.75. The third kappa shape index (κ3) is 2.14. The van der Waals surface area contributed by atoms with Crippen molar-refractivity contribution in [3.63, 3.8) is 0 Å². The number of thiophene rings is 1. The highest BCUT2D eigenvalue weighted by atomic mass is 79.9. The van der Waals surface area contributed by atoms with Crippen molar-refractivity contribution in [3.8, 4) is 10.8 Å². The van der Waals surface area contributed by atoms with E-state index in [1.54, 1.807) is 6.92 Å². The molecule has 0 saturated heterocycles. The molecule has 0 aliphatic carbocycles. The van der Waals surface area contributed by atoms with E-state index in [0.29, 0.717) is 5.89 Å². The maximum Gasteiger partial charge on any atom is 0.396 e. The monoisotopic (exact) mass is 302 g/mol. The van der Waals surface area contributed by atoms with Crippen LogP contribution in [-0.4, -0.2) is 22.8 Å². The maximum atomic E-state index is 11.3. The van der Waals surface area contributed by atoms with Crippen molar-refractivity contribution in [2.24, 2.45) is 0 Å². The van der Waals surface area contributed by atoms with Crippen LogP contribution in [0.3, 0.4) is 0 Å². The van der Waals surface area contributed by atoms with Gasteiger partial charge in [-0.05, 0) is 34.3 Å². The zero-order chi connectivity index (χ0) is 11.5. The van der Waals surface area contributed by atoms with E-state index in [1.807, 2.05) is 11.4 Å². The van der Waals surface area contributed by atoms with Crippen LogP contribution in [0.25, 0.3) is 10.8 Å². The van der Waals surface area contributed by atoms with Crippen LogP contribution in [0.4, 0.5) is 0 Å². The van der Waals surface area contributed by atoms with Crippen molar-refractivity contribution >= 4 is 33.2 Å². The minimum atomic E-state index is -0.603. The normalized spacial score (nSPS) is 10.4. The molecule has 0 bridgehead atoms. The van der Waals surface area contributed by atoms with Crippen LogP contribution in [0.5, 0.6) is 0 Å². The minimum absolute atomic E-state index is 0.128. The molecule has 2 rings (SSSR count). The molecule has 5 nitrogen and oxygen atoms in total. The van der Waals surface area contributed by atoms with Crippen molar-refractivity contribution in [2.75, 3.05) is 6.61 Å². The van der Waals surface area contributed by atoms with Crippen LogP contribution in [0.2, 0.25) is 0 Å². The number of nitrogens with zero attached hydrogens (tertiary/aromatic N) is 2. The summed E-state index contributed by atoms with van der Waals surface area (Å²) < 4.78 is 10.8. The van der Waals surface area contributed by atoms with Gasteiger partial charge in [0.05, 0.1) is 6.61 Å². The van der Waals surface area contributed by atoms with Gasteiger partial charge in [-0.15, -0.1) is 21.5 Å². The largest absolute Gasteiger partial charge is 0.459 e. The predicted molar refractivity (Wildman–Crippen MR) is 61.3 cm³/mol. The molecular formula is C9H7BrN2O3S. The summed E-state index contributed by atoms with van der Waals surface area (Å²) >= 11 is 4.79. The standard InChI is InChI=1S/C9H7BrN2O3S/c1-2-14-9(13)8-12-11-7(15-8)6-5(10)3-4-16-6/h3-4H,2H2,1H3. The number of ether oxygens (including phenoxy) is 1. The number of esters is 1. The summed E-state index contributed by atoms with van der Waals surface area (Å²) in [5, 5.41) is 9.29. The van der Waals surface area contributed by atoms with E-state index in [-0.39, 0.29) is 12.5 Å². The van der Waals surface area contributed by atoms with Gasteiger partial charge in [-0.1, -0.05) is 0 Å². The smallest absolute Gasteiger partial charge is 0.396 e. The summed E-state index contributed by atoms with van der Waals surface area (Å²) in [5.41, 5.74) is 0. The average molecular weight is 303 g/mol. The van der Waals surface area contributed by atoms with Gasteiger partial charge < -0.3 is 9.15 Å². The molecule has 0 unspecified atom stereocenters. The molecule has 0 spiro atoms. The topological polar surface area (TPSA) is 65.2 Å². The van der Waals surface area contributed by atoms with Gasteiger partial charge in [0.25, 0.3) is 5.89 Å². The molecule has 84 valence electrons. The first-order valence-corrected chi connectivity index (χ1v) is 6.13. The van der Waals surface area contributed by atoms with Crippen LogP contribution >= 0.6 is 27.3 Å². The fourth-order valence-corrected chi connectivity index (χ4v) is 2.50. The Bertz CT molecular complexity index is 508. The highest BCUT2D eigenvalue weighted by Gasteiger charge is 2.18. The van der Waals surface area contributed by atoms with Gasteiger partial charge in [0.2, 0.25) is 0 Å². The van der Waals surface area contributed by atoms with Gasteiger partial charge in [0.15, 0.2) is 0 Å². The molecule has 2 heterocycles. The van der Waals surface area contributed by atoms with Gasteiger partial charge in [-0.2, -0.15) is 0 Å². The number of hydrogen-bond donors (Lipinski definition) is 0. The van der Waals surface area contributed by atoms with E-state index in [4.69, 9.17) is 9.15 Å². The lowest BCUT2D eigenvalue weighted by Crippen LogP contribution is -2.04. The molecule has 0 N–H and O–H groups in total. The number of hydrogen-bond acceptors (Lipinski definition) is 6. The molecule has 0 atom stereocenters. The lowest BCUT2D eigenvalue weighted by molar-refractivity contribution is 0.0481. The molecule has 0 saturated carbocycles. The Morgan fingerprint density at radius 2 is 2.44 bits per heavy atom. The first kappa shape index (κ1) is 11.3. The lowest BCUT2D eigenvalue weighted by atomic mass is 10.5. The Balaban J connectivity index is 2.26. The number of halogens is 1. The molecule has 0 radical (unpaired) electrons. The predicted octanol–water partition coefficient (Wildman–Crippen LogP) is 2.74. The van der Waals surface area contributed by atoms with Gasteiger partial charge in [0.1, 0.15) is 4.88 Å². The number of rotatable bonds is 3. The van der Waals surface area contributed by atoms with Crippen molar-refractivity contribution in [2.45, 2.75) is 6.92 Å². The molecule has 7 heteroatoms. The summed E-state index contributed by atoms with van der Waals surface area (Å²) in [6.45, 7) is 1.99. The zero-order valence-corrected chi connectivity index (χ0v) is 10.7. The maximum absolute atomic E-state index is 11.3. The molecule has 0 aliphatic rings. The molecule has 16 heavy (non-hydrogen) atoms. The first-order valence-electron chi connectivity index (χ1n) is 4.46. The third-order valence-corrected chi connectivity index (χ3v) is 3.51. The van der Waals surface area contributed by atoms with Gasteiger partial charge in [-0.25, -0.2) is 4.79 Å². The van der Waals surface area contributed by atoms with Crippen LogP contribution in [-0.2, 0) is 4.74 Å². The van der Waals surface area contributed by atoms with E-state index < -0.39 is 5.97 Å². The summed E-state index contributed by atoms with van der Waals surface area (Å²) in [7, 11) is 0. The fraction of sp³-hybridized carbons (Fsp3) is 0.222. The van der Waals surface area contributed by atoms with Crippen molar-refractivity contribution in [3.05, 3.63) is 21.8 Å². The molecule has 0 fully saturated rings. The van der Waals surface area contributed by atoms with Crippen molar-refractivity contribution in [1.82, 2.24) is 10.2 Å². The van der Waals surface area contributed by atoms with E-state index >= 15 is 0 Å². The Morgan fingerprint density at radius 3 is 3.06 bits per heavy atom. The van der Waals surface area contributed by atoms with Crippen LogP contribution in [0, 0.1) is 0 Å². The van der Waals surface area contributed by atoms with Crippen LogP contribution < -0.4 is 0 Å². The summed E-state index contributed by atoms with van der Waals surface area (Å²) in [6, 6.07) is 1.87. The van der Waals surface area contributed by atoms with Crippen molar-refractivity contribution in [1.29, 1.82) is 0 Å². The fourth-order valence-electron chi connectivity index (χ4n) is 1.04. The van der Waals surface area contributed by atoms with E-state index in [0.717, 1.165) is 9.35 Å². The highest BCUT2D eigenvalue weighted by Crippen LogP contribution is 2.32. The Hall–Kier alpha value is -1.21. The number of aromatic nitrogens is 2. The Kier molecular flexibility index (Phi) is 3.35. The van der Waals surface area contributed by atoms with E-state index in [2.05, 4.69) is 26.1 Å². The SMILES string of the molecule is CCOC(=O)c1nnc(-c2sccc2Br)o1. The third-order valence-electron chi connectivity index (χ3n) is 1.69. The highest BCUT2D eigenvalue weighted by molar-refractivity contribution is 9.10. The number of carbonyl (C=O) groups is 1. The molecular weight excluding hydrogens is 296 g/mol. The second-order valence-electron chi connectivity index (χ2n) is 2.73. The van der Waals surface area contributed by atoms with E-state index in [1.165, 1.54) is 11.3 Å². The summed E-state index contributed by atoms with van der Waals surface area (Å²) in [6.07, 6.45) is 0. The second-order valence-corrected chi connectivity index (χ2v) is 4.50. The van der Waals surface area contributed by atoms with E-state index in [9.17, 15) is 4.79 Å². The Labute approximate surface area is 104 Å². The first-order chi connectivity index (χ1) is 7.72. The lowest BCUT2D eigenvalue weighted by Gasteiger charge is -1.94. The van der Waals surface area contributed by atoms with Crippen LogP contribution in [0.15, 0.2) is 20.3 Å². The minimum Gasteiger partial charge on any atom is -0.459 e. The van der Waals surface area contributed by atoms with Gasteiger partial charge >= 0.3 is 11.9 Å². The molecule has 0 aromatic carbocycles. The molecule has 2 aromatic heterocycles. The molecule has 0 amide bonds. The quantitative estimate of drug-likeness (QED) is 0.816. The molecule has 2 aromatic rings. The van der Waals surface area contributed by atoms with Gasteiger partial charge in [0, 0.05) is 4.47 Å². The van der Waals surface area contributed by atoms with Gasteiger partial charge in [-0.3, -0.25) is 0 Å². The number of carbonyl (C=O) groups excluding carboxylic acids is 1. The summed E-state index contributed by atoms with van der Waals surface area (Å²) in [5.74, 6) is -0.420. The van der Waals surface area contributed by atoms with Crippen LogP contribution in [0.1, 0.15) is 17.6 Å². The van der Waals surface area contributed by atoms with Crippen molar-refractivity contribution < 1.29 is 13.9 Å². The Morgan fingerprint density at radius 1 is 1.62 bits per heavy atom.